The molecule has 0 radical (unpaired) electrons. The lowest BCUT2D eigenvalue weighted by Crippen LogP contribution is -2.49. The van der Waals surface area contributed by atoms with E-state index in [2.05, 4.69) is 49.0 Å². The summed E-state index contributed by atoms with van der Waals surface area (Å²) in [6.45, 7) is 3.58. The maximum Gasteiger partial charge on any atom is 0.267 e. The molecule has 1 saturated heterocycles. The number of aromatic amines is 2. The van der Waals surface area contributed by atoms with Crippen molar-refractivity contribution in [1.82, 2.24) is 29.9 Å². The lowest BCUT2D eigenvalue weighted by atomic mass is 9.91. The molecule has 3 aromatic heterocycles. The lowest BCUT2D eigenvalue weighted by molar-refractivity contribution is 0.360. The first-order valence-electron chi connectivity index (χ1n) is 8.44. The third-order valence-electron chi connectivity index (χ3n) is 4.79. The fourth-order valence-electron chi connectivity index (χ4n) is 3.09. The number of fused-ring (bicyclic) bond motifs is 1. The summed E-state index contributed by atoms with van der Waals surface area (Å²) in [4.78, 5) is 19.6. The molecule has 0 aromatic carbocycles. The van der Waals surface area contributed by atoms with Gasteiger partial charge in [0.2, 0.25) is 5.95 Å². The first-order valence-corrected chi connectivity index (χ1v) is 8.44. The molecule has 4 heterocycles. The fourth-order valence-corrected chi connectivity index (χ4v) is 3.09. The van der Waals surface area contributed by atoms with Crippen LogP contribution in [0.3, 0.4) is 0 Å². The maximum absolute atomic E-state index is 12.9. The van der Waals surface area contributed by atoms with Crippen LogP contribution >= 0.6 is 0 Å². The SMILES string of the molecule is Cn1c(N2CCC(C)(N)CC2)nc2[nH]nc(C#Cc3cn[nH]c3)c2c1=O. The molecule has 4 rings (SSSR count). The first kappa shape index (κ1) is 16.4. The Labute approximate surface area is 149 Å². The number of anilines is 1. The highest BCUT2D eigenvalue weighted by Crippen LogP contribution is 2.23. The van der Waals surface area contributed by atoms with Crippen LogP contribution in [0.4, 0.5) is 5.95 Å². The Morgan fingerprint density at radius 2 is 2.08 bits per heavy atom. The summed E-state index contributed by atoms with van der Waals surface area (Å²) in [7, 11) is 1.72. The molecule has 1 aliphatic rings. The van der Waals surface area contributed by atoms with Crippen molar-refractivity contribution in [3.8, 4) is 11.8 Å². The monoisotopic (exact) mass is 352 g/mol. The second-order valence-electron chi connectivity index (χ2n) is 6.95. The average molecular weight is 352 g/mol. The molecule has 0 spiro atoms. The molecule has 0 saturated carbocycles. The second-order valence-corrected chi connectivity index (χ2v) is 6.95. The Morgan fingerprint density at radius 1 is 1.31 bits per heavy atom. The van der Waals surface area contributed by atoms with Crippen LogP contribution in [0.5, 0.6) is 0 Å². The standard InChI is InChI=1S/C17H20N8O/c1-17(18)5-7-25(8-6-17)16-21-14-13(15(26)24(16)2)12(22-23-14)4-3-11-9-19-20-10-11/h9-10H,5-8,18H2,1-2H3,(H,19,20)(H,22,23). The smallest absolute Gasteiger partial charge is 0.267 e. The van der Waals surface area contributed by atoms with Crippen molar-refractivity contribution < 1.29 is 0 Å². The summed E-state index contributed by atoms with van der Waals surface area (Å²) in [6, 6.07) is 0. The van der Waals surface area contributed by atoms with Gasteiger partial charge in [-0.2, -0.15) is 15.2 Å². The lowest BCUT2D eigenvalue weighted by Gasteiger charge is -2.37. The predicted octanol–water partition coefficient (Wildman–Crippen LogP) is 0.0971. The Balaban J connectivity index is 1.73. The van der Waals surface area contributed by atoms with E-state index in [1.54, 1.807) is 24.0 Å². The van der Waals surface area contributed by atoms with Gasteiger partial charge in [-0.05, 0) is 25.7 Å². The van der Waals surface area contributed by atoms with Crippen molar-refractivity contribution >= 4 is 17.0 Å². The molecular formula is C17H20N8O. The van der Waals surface area contributed by atoms with Crippen LogP contribution < -0.4 is 16.2 Å². The minimum Gasteiger partial charge on any atom is -0.342 e. The van der Waals surface area contributed by atoms with Crippen molar-refractivity contribution in [2.45, 2.75) is 25.3 Å². The number of piperidine rings is 1. The fraction of sp³-hybridized carbons (Fsp3) is 0.412. The molecule has 0 amide bonds. The van der Waals surface area contributed by atoms with Crippen molar-refractivity contribution in [1.29, 1.82) is 0 Å². The predicted molar refractivity (Wildman–Crippen MR) is 97.7 cm³/mol. The van der Waals surface area contributed by atoms with Gasteiger partial charge in [0.05, 0.1) is 11.8 Å². The molecule has 0 aliphatic carbocycles. The summed E-state index contributed by atoms with van der Waals surface area (Å²) in [5.41, 5.74) is 7.42. The van der Waals surface area contributed by atoms with E-state index in [-0.39, 0.29) is 11.1 Å². The van der Waals surface area contributed by atoms with Gasteiger partial charge in [0.1, 0.15) is 5.39 Å². The number of hydrogen-bond donors (Lipinski definition) is 3. The molecule has 1 aliphatic heterocycles. The maximum atomic E-state index is 12.9. The van der Waals surface area contributed by atoms with E-state index < -0.39 is 0 Å². The van der Waals surface area contributed by atoms with E-state index in [1.165, 1.54) is 0 Å². The molecule has 4 N–H and O–H groups in total. The third-order valence-corrected chi connectivity index (χ3v) is 4.79. The zero-order valence-electron chi connectivity index (χ0n) is 14.7. The Hall–Kier alpha value is -3.12. The number of aromatic nitrogens is 6. The summed E-state index contributed by atoms with van der Waals surface area (Å²) in [5.74, 6) is 6.46. The van der Waals surface area contributed by atoms with Crippen LogP contribution in [0.15, 0.2) is 17.2 Å². The van der Waals surface area contributed by atoms with Crippen LogP contribution in [0.2, 0.25) is 0 Å². The summed E-state index contributed by atoms with van der Waals surface area (Å²) in [5, 5.41) is 13.9. The summed E-state index contributed by atoms with van der Waals surface area (Å²) < 4.78 is 1.56. The molecule has 9 nitrogen and oxygen atoms in total. The van der Waals surface area contributed by atoms with Gasteiger partial charge in [0.15, 0.2) is 11.3 Å². The van der Waals surface area contributed by atoms with Crippen molar-refractivity contribution in [3.05, 3.63) is 34.0 Å². The highest BCUT2D eigenvalue weighted by Gasteiger charge is 2.28. The van der Waals surface area contributed by atoms with Crippen molar-refractivity contribution in [3.63, 3.8) is 0 Å². The van der Waals surface area contributed by atoms with Crippen LogP contribution in [-0.4, -0.2) is 48.6 Å². The third kappa shape index (κ3) is 2.84. The van der Waals surface area contributed by atoms with Gasteiger partial charge < -0.3 is 10.6 Å². The molecule has 134 valence electrons. The van der Waals surface area contributed by atoms with Gasteiger partial charge in [-0.15, -0.1) is 0 Å². The zero-order chi connectivity index (χ0) is 18.3. The number of nitrogens with two attached hydrogens (primary N) is 1. The van der Waals surface area contributed by atoms with Gasteiger partial charge in [-0.3, -0.25) is 19.6 Å². The van der Waals surface area contributed by atoms with E-state index >= 15 is 0 Å². The van der Waals surface area contributed by atoms with E-state index in [9.17, 15) is 4.79 Å². The number of rotatable bonds is 1. The van der Waals surface area contributed by atoms with Gasteiger partial charge >= 0.3 is 0 Å². The summed E-state index contributed by atoms with van der Waals surface area (Å²) >= 11 is 0. The normalized spacial score (nSPS) is 16.5. The van der Waals surface area contributed by atoms with Gasteiger partial charge in [-0.25, -0.2) is 0 Å². The quantitative estimate of drug-likeness (QED) is 0.534. The molecule has 0 unspecified atom stereocenters. The molecule has 1 fully saturated rings. The Bertz CT molecular complexity index is 1050. The van der Waals surface area contributed by atoms with Crippen LogP contribution in [0.25, 0.3) is 11.0 Å². The van der Waals surface area contributed by atoms with Crippen LogP contribution in [-0.2, 0) is 7.05 Å². The van der Waals surface area contributed by atoms with Gasteiger partial charge in [-0.1, -0.05) is 5.92 Å². The highest BCUT2D eigenvalue weighted by molar-refractivity contribution is 5.81. The first-order chi connectivity index (χ1) is 12.4. The van der Waals surface area contributed by atoms with E-state index in [4.69, 9.17) is 5.73 Å². The number of nitrogens with one attached hydrogen (secondary N) is 2. The van der Waals surface area contributed by atoms with Crippen LogP contribution in [0.1, 0.15) is 31.0 Å². The number of H-pyrrole nitrogens is 2. The molecule has 9 heteroatoms. The Kier molecular flexibility index (Phi) is 3.77. The number of hydrogen-bond acceptors (Lipinski definition) is 6. The average Bonchev–Trinajstić information content (AvgIpc) is 3.26. The minimum absolute atomic E-state index is 0.163. The minimum atomic E-state index is -0.170. The topological polar surface area (TPSA) is 122 Å². The van der Waals surface area contributed by atoms with Crippen molar-refractivity contribution in [2.24, 2.45) is 12.8 Å². The molecule has 3 aromatic rings. The van der Waals surface area contributed by atoms with Crippen LogP contribution in [0, 0.1) is 11.8 Å². The Morgan fingerprint density at radius 3 is 2.77 bits per heavy atom. The second kappa shape index (κ2) is 6.00. The van der Waals surface area contributed by atoms with E-state index in [0.717, 1.165) is 31.5 Å². The number of nitrogens with zero attached hydrogens (tertiary/aromatic N) is 5. The van der Waals surface area contributed by atoms with E-state index in [1.807, 2.05) is 0 Å². The molecule has 0 bridgehead atoms. The molecule has 26 heavy (non-hydrogen) atoms. The van der Waals surface area contributed by atoms with E-state index in [0.29, 0.717) is 22.7 Å². The highest BCUT2D eigenvalue weighted by atomic mass is 16.1. The summed E-state index contributed by atoms with van der Waals surface area (Å²) in [6.07, 6.45) is 4.99. The largest absolute Gasteiger partial charge is 0.342 e. The molecule has 0 atom stereocenters. The molecular weight excluding hydrogens is 332 g/mol. The van der Waals surface area contributed by atoms with Crippen molar-refractivity contribution in [2.75, 3.05) is 18.0 Å². The van der Waals surface area contributed by atoms with Gasteiger partial charge in [0, 0.05) is 31.9 Å². The van der Waals surface area contributed by atoms with Gasteiger partial charge in [0.25, 0.3) is 5.56 Å². The zero-order valence-corrected chi connectivity index (χ0v) is 14.7.